The van der Waals surface area contributed by atoms with Crippen molar-refractivity contribution in [2.24, 2.45) is 0 Å². The van der Waals surface area contributed by atoms with Gasteiger partial charge in [0.25, 0.3) is 0 Å². The van der Waals surface area contributed by atoms with Gasteiger partial charge in [-0.05, 0) is 0 Å². The van der Waals surface area contributed by atoms with Crippen LogP contribution in [0.1, 0.15) is 0 Å². The van der Waals surface area contributed by atoms with E-state index in [1.807, 2.05) is 0 Å². The van der Waals surface area contributed by atoms with Crippen molar-refractivity contribution < 1.29 is 123 Å². The first-order valence-electron chi connectivity index (χ1n) is 0. The first-order chi connectivity index (χ1) is 0. The van der Waals surface area contributed by atoms with Gasteiger partial charge in [0.1, 0.15) is 0 Å². The number of hydrogen-bond acceptors (Lipinski definition) is 0. The predicted molar refractivity (Wildman–Crippen MR) is 0 cm³/mol. The minimum absolute atomic E-state index is 0. The van der Waals surface area contributed by atoms with Gasteiger partial charge in [-0.3, -0.25) is 0 Å². The molecular weight excluding hydrogens is 287 g/mol. The van der Waals surface area contributed by atoms with Crippen LogP contribution in [0.15, 0.2) is 0 Å². The zero-order valence-electron chi connectivity index (χ0n) is 3.72. The molecular formula is Cl6NaV. The van der Waals surface area contributed by atoms with Gasteiger partial charge < -0.3 is 74.4 Å². The van der Waals surface area contributed by atoms with Crippen molar-refractivity contribution >= 4 is 0 Å². The van der Waals surface area contributed by atoms with E-state index in [0.717, 1.165) is 0 Å². The summed E-state index contributed by atoms with van der Waals surface area (Å²) in [5.74, 6) is 0. The van der Waals surface area contributed by atoms with E-state index in [9.17, 15) is 0 Å². The molecule has 0 aromatic heterocycles. The van der Waals surface area contributed by atoms with E-state index < -0.39 is 0 Å². The van der Waals surface area contributed by atoms with E-state index in [1.165, 1.54) is 0 Å². The summed E-state index contributed by atoms with van der Waals surface area (Å²) in [6.45, 7) is 0. The van der Waals surface area contributed by atoms with E-state index in [0.29, 0.717) is 0 Å². The van der Waals surface area contributed by atoms with Crippen LogP contribution in [0.5, 0.6) is 0 Å². The van der Waals surface area contributed by atoms with Crippen LogP contribution in [0.3, 0.4) is 0 Å². The Morgan fingerprint density at radius 2 is 0.375 bits per heavy atom. The molecule has 0 aromatic rings. The molecule has 0 heterocycles. The molecule has 0 bridgehead atoms. The molecule has 0 aliphatic carbocycles. The quantitative estimate of drug-likeness (QED) is 0.388. The van der Waals surface area contributed by atoms with Crippen LogP contribution >= 0.6 is 0 Å². The predicted octanol–water partition coefficient (Wildman–Crippen LogP) is -21.0. The van der Waals surface area contributed by atoms with Crippen molar-refractivity contribution in [1.29, 1.82) is 0 Å². The normalized spacial score (nSPS) is 0. The number of rotatable bonds is 0. The third-order valence-electron chi connectivity index (χ3n) is 0. The molecule has 0 atom stereocenters. The molecule has 0 N–H and O–H groups in total. The summed E-state index contributed by atoms with van der Waals surface area (Å²) in [4.78, 5) is 0. The molecule has 8 heteroatoms. The molecule has 0 aromatic carbocycles. The monoisotopic (exact) mass is 284 g/mol. The van der Waals surface area contributed by atoms with Crippen molar-refractivity contribution in [3.05, 3.63) is 0 Å². The molecule has 0 nitrogen and oxygen atoms in total. The maximum atomic E-state index is 0. The first-order valence-corrected chi connectivity index (χ1v) is 0. The van der Waals surface area contributed by atoms with Gasteiger partial charge in [-0.15, -0.1) is 0 Å². The van der Waals surface area contributed by atoms with Crippen LogP contribution in [-0.4, -0.2) is 0 Å². The van der Waals surface area contributed by atoms with Crippen molar-refractivity contribution in [3.8, 4) is 0 Å². The molecule has 0 rings (SSSR count). The van der Waals surface area contributed by atoms with Gasteiger partial charge in [-0.1, -0.05) is 0 Å². The Bertz CT molecular complexity index is 8.49. The fraction of sp³-hybridized carbons (Fsp3) is 0. The largest absolute Gasteiger partial charge is 5.00 e. The zero-order chi connectivity index (χ0) is 0. The van der Waals surface area contributed by atoms with E-state index >= 15 is 0 Å². The molecule has 0 fully saturated rings. The van der Waals surface area contributed by atoms with E-state index in [-0.39, 0.29) is 123 Å². The van der Waals surface area contributed by atoms with Crippen molar-refractivity contribution in [2.75, 3.05) is 0 Å². The third-order valence-corrected chi connectivity index (χ3v) is 0. The standard InChI is InChI=1S/6ClH.Na.V/h6*1H;;/q;;;;;;+1;+5/p-6. The summed E-state index contributed by atoms with van der Waals surface area (Å²) in [7, 11) is 0. The third kappa shape index (κ3) is 58.5. The minimum Gasteiger partial charge on any atom is -1.00 e. The molecule has 0 aliphatic heterocycles. The molecule has 0 amide bonds. The van der Waals surface area contributed by atoms with Crippen LogP contribution in [0, 0.1) is 0 Å². The molecule has 0 spiro atoms. The summed E-state index contributed by atoms with van der Waals surface area (Å²) in [5.41, 5.74) is 0. The maximum absolute atomic E-state index is 0. The number of hydrogen-bond donors (Lipinski definition) is 0. The van der Waals surface area contributed by atoms with E-state index in [4.69, 9.17) is 0 Å². The van der Waals surface area contributed by atoms with E-state index in [1.54, 1.807) is 0 Å². The Kier molecular flexibility index (Phi) is 1110. The fourth-order valence-electron chi connectivity index (χ4n) is 0. The average Bonchev–Trinajstić information content (AvgIpc) is 0. The average molecular weight is 287 g/mol. The summed E-state index contributed by atoms with van der Waals surface area (Å²) in [6, 6.07) is 0. The second-order valence-electron chi connectivity index (χ2n) is 0. The molecule has 0 unspecified atom stereocenters. The van der Waals surface area contributed by atoms with Gasteiger partial charge in [-0.25, -0.2) is 0 Å². The summed E-state index contributed by atoms with van der Waals surface area (Å²) < 4.78 is 0. The van der Waals surface area contributed by atoms with Crippen molar-refractivity contribution in [2.45, 2.75) is 0 Å². The van der Waals surface area contributed by atoms with Gasteiger partial charge in [-0.2, -0.15) is 0 Å². The Balaban J connectivity index is 0. The maximum Gasteiger partial charge on any atom is 5.00 e. The smallest absolute Gasteiger partial charge is 1.00 e. The minimum atomic E-state index is 0. The summed E-state index contributed by atoms with van der Waals surface area (Å²) >= 11 is 0. The van der Waals surface area contributed by atoms with Gasteiger partial charge in [0.15, 0.2) is 0 Å². The van der Waals surface area contributed by atoms with E-state index in [2.05, 4.69) is 0 Å². The van der Waals surface area contributed by atoms with Crippen LogP contribution < -0.4 is 104 Å². The van der Waals surface area contributed by atoms with Crippen LogP contribution in [0.2, 0.25) is 0 Å². The van der Waals surface area contributed by atoms with Gasteiger partial charge in [0.2, 0.25) is 0 Å². The molecule has 0 saturated carbocycles. The Labute approximate surface area is 121 Å². The van der Waals surface area contributed by atoms with Gasteiger partial charge in [0, 0.05) is 0 Å². The Morgan fingerprint density at radius 1 is 0.375 bits per heavy atom. The summed E-state index contributed by atoms with van der Waals surface area (Å²) in [6.07, 6.45) is 0. The number of halogens is 6. The van der Waals surface area contributed by atoms with Crippen molar-refractivity contribution in [3.63, 3.8) is 0 Å². The first kappa shape index (κ1) is 109. The van der Waals surface area contributed by atoms with Crippen LogP contribution in [-0.2, 0) is 18.6 Å². The molecule has 8 heavy (non-hydrogen) atoms. The van der Waals surface area contributed by atoms with Gasteiger partial charge in [0.05, 0.1) is 0 Å². The molecule has 0 saturated heterocycles. The summed E-state index contributed by atoms with van der Waals surface area (Å²) in [5, 5.41) is 0. The van der Waals surface area contributed by atoms with Crippen LogP contribution in [0.25, 0.3) is 0 Å². The van der Waals surface area contributed by atoms with Gasteiger partial charge >= 0.3 is 48.1 Å². The molecule has 0 radical (unpaired) electrons. The SMILES string of the molecule is [Cl-].[Cl-].[Cl-].[Cl-].[Cl-].[Cl-].[Na+].[V+5]. The Morgan fingerprint density at radius 3 is 0.375 bits per heavy atom. The second kappa shape index (κ2) is 81.2. The molecule has 48 valence electrons. The molecule has 0 aliphatic rings. The van der Waals surface area contributed by atoms with Crippen LogP contribution in [0.4, 0.5) is 0 Å². The Hall–Kier alpha value is 3.32. The van der Waals surface area contributed by atoms with Crippen molar-refractivity contribution in [1.82, 2.24) is 0 Å². The zero-order valence-corrected chi connectivity index (χ0v) is 11.6. The fourth-order valence-corrected chi connectivity index (χ4v) is 0. The second-order valence-corrected chi connectivity index (χ2v) is 0. The topological polar surface area (TPSA) is 0 Å².